The summed E-state index contributed by atoms with van der Waals surface area (Å²) in [5, 5.41) is 7.01. The van der Waals surface area contributed by atoms with Crippen LogP contribution in [0.2, 0.25) is 0 Å². The summed E-state index contributed by atoms with van der Waals surface area (Å²) in [4.78, 5) is 6.97. The van der Waals surface area contributed by atoms with Crippen molar-refractivity contribution >= 4 is 5.96 Å². The Bertz CT molecular complexity index is 335. The van der Waals surface area contributed by atoms with Crippen molar-refractivity contribution in [2.24, 2.45) is 10.4 Å². The summed E-state index contributed by atoms with van der Waals surface area (Å²) in [7, 11) is 1.87. The predicted molar refractivity (Wildman–Crippen MR) is 90.8 cm³/mol. The summed E-state index contributed by atoms with van der Waals surface area (Å²) in [5.41, 5.74) is 0.537. The molecule has 2 aliphatic rings. The first-order chi connectivity index (χ1) is 10.1. The Labute approximate surface area is 130 Å². The van der Waals surface area contributed by atoms with E-state index in [-0.39, 0.29) is 0 Å². The lowest BCUT2D eigenvalue weighted by molar-refractivity contribution is 0.131. The molecule has 0 aromatic heterocycles. The van der Waals surface area contributed by atoms with Gasteiger partial charge in [-0.25, -0.2) is 0 Å². The average molecular weight is 294 g/mol. The molecule has 2 saturated carbocycles. The van der Waals surface area contributed by atoms with Gasteiger partial charge in [-0.15, -0.1) is 0 Å². The third kappa shape index (κ3) is 4.60. The minimum Gasteiger partial charge on any atom is -0.356 e. The summed E-state index contributed by atoms with van der Waals surface area (Å²) in [6, 6.07) is 1.48. The maximum atomic E-state index is 4.36. The third-order valence-corrected chi connectivity index (χ3v) is 5.36. The molecule has 0 unspecified atom stereocenters. The van der Waals surface area contributed by atoms with E-state index in [0.717, 1.165) is 31.6 Å². The normalized spacial score (nSPS) is 21.5. The summed E-state index contributed by atoms with van der Waals surface area (Å²) >= 11 is 0. The van der Waals surface area contributed by atoms with E-state index in [9.17, 15) is 0 Å². The predicted octanol–water partition coefficient (Wildman–Crippen LogP) is 2.60. The fourth-order valence-corrected chi connectivity index (χ4v) is 3.40. The second-order valence-electron chi connectivity index (χ2n) is 7.12. The molecule has 2 fully saturated rings. The van der Waals surface area contributed by atoms with Crippen LogP contribution in [0, 0.1) is 5.41 Å². The molecule has 0 aromatic carbocycles. The second kappa shape index (κ2) is 7.48. The molecule has 2 aliphatic carbocycles. The molecule has 0 aromatic rings. The van der Waals surface area contributed by atoms with Gasteiger partial charge in [-0.3, -0.25) is 9.89 Å². The van der Waals surface area contributed by atoms with E-state index in [1.54, 1.807) is 0 Å². The summed E-state index contributed by atoms with van der Waals surface area (Å²) in [6.45, 7) is 10.1. The largest absolute Gasteiger partial charge is 0.356 e. The number of nitrogens with one attached hydrogen (secondary N) is 2. The smallest absolute Gasteiger partial charge is 0.191 e. The van der Waals surface area contributed by atoms with Crippen LogP contribution in [0.25, 0.3) is 0 Å². The molecule has 122 valence electrons. The lowest BCUT2D eigenvalue weighted by atomic mass is 9.67. The van der Waals surface area contributed by atoms with Gasteiger partial charge in [-0.1, -0.05) is 13.3 Å². The summed E-state index contributed by atoms with van der Waals surface area (Å²) in [5.74, 6) is 0.967. The highest BCUT2D eigenvalue weighted by Crippen LogP contribution is 2.42. The van der Waals surface area contributed by atoms with Gasteiger partial charge in [0, 0.05) is 38.8 Å². The van der Waals surface area contributed by atoms with Crippen LogP contribution in [0.5, 0.6) is 0 Å². The third-order valence-electron chi connectivity index (χ3n) is 5.36. The highest BCUT2D eigenvalue weighted by atomic mass is 15.2. The van der Waals surface area contributed by atoms with Crippen molar-refractivity contribution in [3.63, 3.8) is 0 Å². The Hall–Kier alpha value is -0.770. The lowest BCUT2D eigenvalue weighted by Gasteiger charge is -2.41. The number of rotatable bonds is 8. The van der Waals surface area contributed by atoms with Crippen molar-refractivity contribution < 1.29 is 0 Å². The molecule has 21 heavy (non-hydrogen) atoms. The molecule has 0 heterocycles. The van der Waals surface area contributed by atoms with Gasteiger partial charge < -0.3 is 10.6 Å². The Kier molecular flexibility index (Phi) is 5.91. The van der Waals surface area contributed by atoms with Gasteiger partial charge in [0.1, 0.15) is 0 Å². The van der Waals surface area contributed by atoms with Crippen LogP contribution >= 0.6 is 0 Å². The van der Waals surface area contributed by atoms with E-state index in [1.807, 2.05) is 7.05 Å². The van der Waals surface area contributed by atoms with E-state index < -0.39 is 0 Å². The summed E-state index contributed by atoms with van der Waals surface area (Å²) < 4.78 is 0. The SMILES string of the molecule is CCC1(CNC(=NC)NCCN(C(C)C)C2CC2)CCC1. The van der Waals surface area contributed by atoms with Crippen molar-refractivity contribution in [1.29, 1.82) is 0 Å². The summed E-state index contributed by atoms with van der Waals surface area (Å²) in [6.07, 6.45) is 8.17. The molecule has 0 saturated heterocycles. The van der Waals surface area contributed by atoms with Crippen LogP contribution in [0.15, 0.2) is 4.99 Å². The maximum absolute atomic E-state index is 4.36. The minimum absolute atomic E-state index is 0.537. The fraction of sp³-hybridized carbons (Fsp3) is 0.941. The van der Waals surface area contributed by atoms with Gasteiger partial charge in [-0.05, 0) is 51.4 Å². The highest BCUT2D eigenvalue weighted by Gasteiger charge is 2.35. The molecule has 2 N–H and O–H groups in total. The van der Waals surface area contributed by atoms with Gasteiger partial charge in [0.15, 0.2) is 5.96 Å². The topological polar surface area (TPSA) is 39.7 Å². The van der Waals surface area contributed by atoms with Crippen molar-refractivity contribution in [3.8, 4) is 0 Å². The van der Waals surface area contributed by atoms with Crippen LogP contribution in [0.3, 0.4) is 0 Å². The van der Waals surface area contributed by atoms with Crippen LogP contribution in [0.4, 0.5) is 0 Å². The number of aliphatic imine (C=N–C) groups is 1. The minimum atomic E-state index is 0.537. The molecular weight excluding hydrogens is 260 g/mol. The quantitative estimate of drug-likeness (QED) is 0.534. The molecule has 0 spiro atoms. The molecule has 0 atom stereocenters. The average Bonchev–Trinajstić information content (AvgIpc) is 3.24. The van der Waals surface area contributed by atoms with Crippen molar-refractivity contribution in [3.05, 3.63) is 0 Å². The van der Waals surface area contributed by atoms with E-state index >= 15 is 0 Å². The second-order valence-corrected chi connectivity index (χ2v) is 7.12. The Morgan fingerprint density at radius 3 is 2.43 bits per heavy atom. The van der Waals surface area contributed by atoms with E-state index in [1.165, 1.54) is 38.5 Å². The van der Waals surface area contributed by atoms with E-state index in [4.69, 9.17) is 0 Å². The first kappa shape index (κ1) is 16.6. The lowest BCUT2D eigenvalue weighted by Crippen LogP contribution is -2.48. The monoisotopic (exact) mass is 294 g/mol. The van der Waals surface area contributed by atoms with E-state index in [2.05, 4.69) is 41.3 Å². The number of hydrogen-bond acceptors (Lipinski definition) is 2. The van der Waals surface area contributed by atoms with Gasteiger partial charge in [0.2, 0.25) is 0 Å². The molecule has 2 rings (SSSR count). The first-order valence-corrected chi connectivity index (χ1v) is 8.80. The van der Waals surface area contributed by atoms with Crippen molar-refractivity contribution in [1.82, 2.24) is 15.5 Å². The molecule has 0 aliphatic heterocycles. The van der Waals surface area contributed by atoms with Gasteiger partial charge in [-0.2, -0.15) is 0 Å². The zero-order valence-corrected chi connectivity index (χ0v) is 14.4. The molecule has 0 radical (unpaired) electrons. The standard InChI is InChI=1S/C17H34N4/c1-5-17(9-6-10-17)13-20-16(18-4)19-11-12-21(14(2)3)15-7-8-15/h14-15H,5-13H2,1-4H3,(H2,18,19,20). The zero-order valence-electron chi connectivity index (χ0n) is 14.4. The maximum Gasteiger partial charge on any atom is 0.191 e. The molecule has 4 heteroatoms. The van der Waals surface area contributed by atoms with Gasteiger partial charge in [0.05, 0.1) is 0 Å². The number of hydrogen-bond donors (Lipinski definition) is 2. The van der Waals surface area contributed by atoms with Crippen LogP contribution in [-0.4, -0.2) is 49.6 Å². The fourth-order valence-electron chi connectivity index (χ4n) is 3.40. The molecule has 4 nitrogen and oxygen atoms in total. The van der Waals surface area contributed by atoms with E-state index in [0.29, 0.717) is 11.5 Å². The Balaban J connectivity index is 1.67. The number of nitrogens with zero attached hydrogens (tertiary/aromatic N) is 2. The van der Waals surface area contributed by atoms with Crippen molar-refractivity contribution in [2.75, 3.05) is 26.7 Å². The molecule has 0 bridgehead atoms. The zero-order chi connectivity index (χ0) is 15.3. The molecule has 0 amide bonds. The van der Waals surface area contributed by atoms with Gasteiger partial charge >= 0.3 is 0 Å². The van der Waals surface area contributed by atoms with Crippen LogP contribution in [-0.2, 0) is 0 Å². The van der Waals surface area contributed by atoms with Crippen LogP contribution < -0.4 is 10.6 Å². The molecular formula is C17H34N4. The number of guanidine groups is 1. The van der Waals surface area contributed by atoms with Crippen molar-refractivity contribution in [2.45, 2.75) is 71.4 Å². The highest BCUT2D eigenvalue weighted by molar-refractivity contribution is 5.79. The first-order valence-electron chi connectivity index (χ1n) is 8.80. The Morgan fingerprint density at radius 1 is 1.29 bits per heavy atom. The Morgan fingerprint density at radius 2 is 2.00 bits per heavy atom. The van der Waals surface area contributed by atoms with Gasteiger partial charge in [0.25, 0.3) is 0 Å². The van der Waals surface area contributed by atoms with Crippen LogP contribution in [0.1, 0.15) is 59.3 Å².